The van der Waals surface area contributed by atoms with E-state index in [1.807, 2.05) is 11.4 Å². The number of rotatable bonds is 3. The zero-order chi connectivity index (χ0) is 17.4. The number of aliphatic hydroxyl groups excluding tert-OH is 1. The summed E-state index contributed by atoms with van der Waals surface area (Å²) >= 11 is 3.23. The van der Waals surface area contributed by atoms with Gasteiger partial charge >= 0.3 is 5.97 Å². The number of benzene rings is 1. The van der Waals surface area contributed by atoms with Crippen molar-refractivity contribution in [2.75, 3.05) is 6.54 Å². The van der Waals surface area contributed by atoms with Crippen molar-refractivity contribution in [3.63, 3.8) is 0 Å². The van der Waals surface area contributed by atoms with E-state index in [0.29, 0.717) is 4.47 Å². The Bertz CT molecular complexity index is 809. The molecular weight excluding hydrogens is 368 g/mol. The lowest BCUT2D eigenvalue weighted by Crippen LogP contribution is -2.43. The lowest BCUT2D eigenvalue weighted by Gasteiger charge is -2.29. The number of amides is 1. The van der Waals surface area contributed by atoms with Crippen molar-refractivity contribution in [2.24, 2.45) is 0 Å². The van der Waals surface area contributed by atoms with Gasteiger partial charge in [0.1, 0.15) is 23.3 Å². The molecule has 0 saturated heterocycles. The topological polar surface area (TPSA) is 127 Å². The van der Waals surface area contributed by atoms with Crippen LogP contribution < -0.4 is 5.32 Å². The molecule has 7 nitrogen and oxygen atoms in total. The average molecular weight is 379 g/mol. The van der Waals surface area contributed by atoms with Gasteiger partial charge in [-0.15, -0.1) is 0 Å². The van der Waals surface area contributed by atoms with E-state index in [-0.39, 0.29) is 11.1 Å². The molecule has 0 aromatic heterocycles. The fourth-order valence-electron chi connectivity index (χ4n) is 2.32. The zero-order valence-corrected chi connectivity index (χ0v) is 13.5. The monoisotopic (exact) mass is 378 g/mol. The second-order valence-corrected chi connectivity index (χ2v) is 5.97. The maximum atomic E-state index is 12.6. The maximum absolute atomic E-state index is 12.6. The molecule has 1 aliphatic carbocycles. The van der Waals surface area contributed by atoms with Crippen molar-refractivity contribution >= 4 is 39.3 Å². The molecule has 0 saturated carbocycles. The van der Waals surface area contributed by atoms with Crippen LogP contribution in [0.5, 0.6) is 0 Å². The highest BCUT2D eigenvalue weighted by Crippen LogP contribution is 2.40. The smallest absolute Gasteiger partial charge is 0.322 e. The summed E-state index contributed by atoms with van der Waals surface area (Å²) in [6.45, 7) is 0.636. The molecule has 0 aliphatic heterocycles. The average Bonchev–Trinajstić information content (AvgIpc) is 2.50. The van der Waals surface area contributed by atoms with Crippen molar-refractivity contribution in [3.8, 4) is 6.07 Å². The van der Waals surface area contributed by atoms with Crippen LogP contribution in [0.2, 0.25) is 0 Å². The number of carboxylic acid groups (broad SMARTS) is 1. The molecule has 1 atom stereocenters. The van der Waals surface area contributed by atoms with E-state index >= 15 is 0 Å². The quantitative estimate of drug-likeness (QED) is 0.679. The molecule has 0 heterocycles. The third-order valence-electron chi connectivity index (χ3n) is 3.54. The molecule has 0 fully saturated rings. The summed E-state index contributed by atoms with van der Waals surface area (Å²) in [6.07, 6.45) is 0. The zero-order valence-electron chi connectivity index (χ0n) is 11.9. The number of hydrogen-bond donors (Lipinski definition) is 3. The van der Waals surface area contributed by atoms with E-state index < -0.39 is 41.0 Å². The lowest BCUT2D eigenvalue weighted by atomic mass is 9.70. The summed E-state index contributed by atoms with van der Waals surface area (Å²) in [7, 11) is 0. The highest BCUT2D eigenvalue weighted by Gasteiger charge is 2.47. The number of fused-ring (bicyclic) bond motifs is 1. The first-order valence-corrected chi connectivity index (χ1v) is 7.21. The number of carbonyl (C=O) groups excluding carboxylic acids is 2. The number of carboxylic acids is 1. The highest BCUT2D eigenvalue weighted by atomic mass is 79.9. The van der Waals surface area contributed by atoms with Gasteiger partial charge in [-0.2, -0.15) is 5.26 Å². The highest BCUT2D eigenvalue weighted by molar-refractivity contribution is 9.10. The Morgan fingerprint density at radius 2 is 2.09 bits per heavy atom. The van der Waals surface area contributed by atoms with Crippen molar-refractivity contribution < 1.29 is 24.6 Å². The summed E-state index contributed by atoms with van der Waals surface area (Å²) in [5, 5.41) is 30.3. The minimum Gasteiger partial charge on any atom is -0.506 e. The molecule has 1 aliphatic rings. The standard InChI is InChI=1S/C15H11BrN2O5/c1-15(6-17)9-4-7(16)2-3-8(9)12(21)11(13(15)22)14(23)18-5-10(19)20/h2-4,21H,5H2,1H3,(H,18,23)(H,19,20). The number of nitriles is 1. The minimum atomic E-state index is -1.67. The van der Waals surface area contributed by atoms with Gasteiger partial charge in [-0.05, 0) is 30.7 Å². The second kappa shape index (κ2) is 5.85. The van der Waals surface area contributed by atoms with Gasteiger partial charge in [0.2, 0.25) is 0 Å². The first-order valence-electron chi connectivity index (χ1n) is 6.42. The Hall–Kier alpha value is -2.66. The SMILES string of the molecule is CC1(C#N)C(=O)C(C(=O)NCC(=O)O)=C(O)c2ccc(Br)cc21. The Labute approximate surface area is 139 Å². The summed E-state index contributed by atoms with van der Waals surface area (Å²) in [5.74, 6) is -3.79. The van der Waals surface area contributed by atoms with Gasteiger partial charge in [-0.25, -0.2) is 0 Å². The number of halogens is 1. The summed E-state index contributed by atoms with van der Waals surface area (Å²) < 4.78 is 0.608. The van der Waals surface area contributed by atoms with Gasteiger partial charge < -0.3 is 15.5 Å². The van der Waals surface area contributed by atoms with Crippen molar-refractivity contribution in [3.05, 3.63) is 39.4 Å². The minimum absolute atomic E-state index is 0.178. The van der Waals surface area contributed by atoms with Crippen LogP contribution in [0, 0.1) is 11.3 Å². The Morgan fingerprint density at radius 1 is 1.43 bits per heavy atom. The molecular formula is C15H11BrN2O5. The van der Waals surface area contributed by atoms with Crippen LogP contribution in [0.15, 0.2) is 28.2 Å². The Balaban J connectivity index is 2.63. The third kappa shape index (κ3) is 2.71. The van der Waals surface area contributed by atoms with E-state index in [4.69, 9.17) is 5.11 Å². The molecule has 2 rings (SSSR count). The summed E-state index contributed by atoms with van der Waals surface area (Å²) in [5.41, 5.74) is -1.84. The van der Waals surface area contributed by atoms with Gasteiger partial charge in [0, 0.05) is 10.0 Å². The molecule has 1 aromatic carbocycles. The van der Waals surface area contributed by atoms with Gasteiger partial charge in [0.05, 0.1) is 6.07 Å². The van der Waals surface area contributed by atoms with E-state index in [9.17, 15) is 24.8 Å². The van der Waals surface area contributed by atoms with Crippen molar-refractivity contribution in [1.29, 1.82) is 5.26 Å². The number of aliphatic carboxylic acids is 1. The van der Waals surface area contributed by atoms with Gasteiger partial charge in [-0.1, -0.05) is 15.9 Å². The molecule has 0 radical (unpaired) electrons. The van der Waals surface area contributed by atoms with Crippen LogP contribution in [0.1, 0.15) is 18.1 Å². The van der Waals surface area contributed by atoms with Gasteiger partial charge in [-0.3, -0.25) is 14.4 Å². The second-order valence-electron chi connectivity index (χ2n) is 5.06. The van der Waals surface area contributed by atoms with Crippen LogP contribution in [0.4, 0.5) is 0 Å². The van der Waals surface area contributed by atoms with Crippen LogP contribution in [0.25, 0.3) is 5.76 Å². The van der Waals surface area contributed by atoms with E-state index in [1.165, 1.54) is 19.1 Å². The number of nitrogens with zero attached hydrogens (tertiary/aromatic N) is 1. The molecule has 0 spiro atoms. The number of hydrogen-bond acceptors (Lipinski definition) is 5. The fourth-order valence-corrected chi connectivity index (χ4v) is 2.68. The maximum Gasteiger partial charge on any atom is 0.322 e. The Kier molecular flexibility index (Phi) is 4.25. The van der Waals surface area contributed by atoms with Crippen LogP contribution >= 0.6 is 15.9 Å². The lowest BCUT2D eigenvalue weighted by molar-refractivity contribution is -0.137. The molecule has 1 unspecified atom stereocenters. The van der Waals surface area contributed by atoms with Crippen LogP contribution in [-0.2, 0) is 19.8 Å². The third-order valence-corrected chi connectivity index (χ3v) is 4.04. The predicted octanol–water partition coefficient (Wildman–Crippen LogP) is 1.28. The normalized spacial score (nSPS) is 19.8. The Morgan fingerprint density at radius 3 is 2.65 bits per heavy atom. The van der Waals surface area contributed by atoms with Gasteiger partial charge in [0.15, 0.2) is 5.78 Å². The summed E-state index contributed by atoms with van der Waals surface area (Å²) in [4.78, 5) is 35.2. The first-order chi connectivity index (χ1) is 10.7. The number of aliphatic hydroxyl groups is 1. The molecule has 3 N–H and O–H groups in total. The molecule has 23 heavy (non-hydrogen) atoms. The fraction of sp³-hybridized carbons (Fsp3) is 0.200. The van der Waals surface area contributed by atoms with Crippen LogP contribution in [-0.4, -0.2) is 34.4 Å². The first kappa shape index (κ1) is 16.7. The number of ketones is 1. The van der Waals surface area contributed by atoms with Crippen LogP contribution in [0.3, 0.4) is 0 Å². The molecule has 0 bridgehead atoms. The van der Waals surface area contributed by atoms with E-state index in [0.717, 1.165) is 0 Å². The van der Waals surface area contributed by atoms with E-state index in [1.54, 1.807) is 6.07 Å². The van der Waals surface area contributed by atoms with Crippen molar-refractivity contribution in [1.82, 2.24) is 5.32 Å². The van der Waals surface area contributed by atoms with Crippen molar-refractivity contribution in [2.45, 2.75) is 12.3 Å². The molecule has 1 aromatic rings. The predicted molar refractivity (Wildman–Crippen MR) is 82.3 cm³/mol. The largest absolute Gasteiger partial charge is 0.506 e. The number of nitrogens with one attached hydrogen (secondary N) is 1. The summed E-state index contributed by atoms with van der Waals surface area (Å²) in [6, 6.07) is 6.46. The number of carbonyl (C=O) groups is 3. The molecule has 1 amide bonds. The van der Waals surface area contributed by atoms with E-state index in [2.05, 4.69) is 15.9 Å². The molecule has 118 valence electrons. The van der Waals surface area contributed by atoms with Gasteiger partial charge in [0.25, 0.3) is 5.91 Å². The molecule has 8 heteroatoms. The number of Topliss-reactive ketones (excluding diaryl/α,β-unsaturated/α-hetero) is 1.